The topological polar surface area (TPSA) is 62.7 Å². The third kappa shape index (κ3) is 3.49. The van der Waals surface area contributed by atoms with Gasteiger partial charge in [-0.3, -0.25) is 0 Å². The molecule has 21 heavy (non-hydrogen) atoms. The lowest BCUT2D eigenvalue weighted by molar-refractivity contribution is 0.0699. The molecule has 0 spiro atoms. The SMILES string of the molecule is CCOCCN(CC)c1cc(C(=O)O)c2ccccc2n1. The number of benzene rings is 1. The standard InChI is InChI=1S/C16H20N2O3/c1-3-18(9-10-21-4-2)15-11-13(16(19)20)12-7-5-6-8-14(12)17-15/h5-8,11H,3-4,9-10H2,1-2H3,(H,19,20). The van der Waals surface area contributed by atoms with Crippen molar-refractivity contribution in [1.82, 2.24) is 4.98 Å². The predicted molar refractivity (Wildman–Crippen MR) is 83.1 cm³/mol. The van der Waals surface area contributed by atoms with E-state index in [9.17, 15) is 9.90 Å². The highest BCUT2D eigenvalue weighted by Gasteiger charge is 2.14. The normalized spacial score (nSPS) is 10.8. The van der Waals surface area contributed by atoms with Crippen LogP contribution in [-0.4, -0.2) is 42.4 Å². The number of para-hydroxylation sites is 1. The average Bonchev–Trinajstić information content (AvgIpc) is 2.50. The third-order valence-corrected chi connectivity index (χ3v) is 3.35. The Bertz CT molecular complexity index is 628. The van der Waals surface area contributed by atoms with Crippen LogP contribution in [0, 0.1) is 0 Å². The molecule has 2 aromatic rings. The van der Waals surface area contributed by atoms with Gasteiger partial charge in [-0.1, -0.05) is 18.2 Å². The number of aromatic carboxylic acids is 1. The van der Waals surface area contributed by atoms with Crippen LogP contribution < -0.4 is 4.90 Å². The summed E-state index contributed by atoms with van der Waals surface area (Å²) >= 11 is 0. The second-order valence-corrected chi connectivity index (χ2v) is 4.63. The molecule has 1 aromatic heterocycles. The lowest BCUT2D eigenvalue weighted by Gasteiger charge is -2.22. The highest BCUT2D eigenvalue weighted by atomic mass is 16.5. The maximum absolute atomic E-state index is 11.5. The lowest BCUT2D eigenvalue weighted by atomic mass is 10.1. The molecule has 1 aromatic carbocycles. The minimum absolute atomic E-state index is 0.283. The fourth-order valence-electron chi connectivity index (χ4n) is 2.25. The Morgan fingerprint density at radius 1 is 1.33 bits per heavy atom. The van der Waals surface area contributed by atoms with E-state index in [1.807, 2.05) is 36.9 Å². The molecular weight excluding hydrogens is 268 g/mol. The van der Waals surface area contributed by atoms with Crippen LogP contribution in [0.25, 0.3) is 10.9 Å². The molecule has 0 aliphatic rings. The van der Waals surface area contributed by atoms with E-state index in [2.05, 4.69) is 4.98 Å². The minimum atomic E-state index is -0.935. The van der Waals surface area contributed by atoms with E-state index in [4.69, 9.17) is 4.74 Å². The third-order valence-electron chi connectivity index (χ3n) is 3.35. The van der Waals surface area contributed by atoms with E-state index >= 15 is 0 Å². The first-order valence-electron chi connectivity index (χ1n) is 7.13. The van der Waals surface area contributed by atoms with E-state index in [0.29, 0.717) is 36.5 Å². The van der Waals surface area contributed by atoms with Crippen molar-refractivity contribution in [2.45, 2.75) is 13.8 Å². The van der Waals surface area contributed by atoms with E-state index in [-0.39, 0.29) is 5.56 Å². The van der Waals surface area contributed by atoms with Crippen LogP contribution in [0.3, 0.4) is 0 Å². The fraction of sp³-hybridized carbons (Fsp3) is 0.375. The van der Waals surface area contributed by atoms with Crippen LogP contribution in [0.1, 0.15) is 24.2 Å². The molecule has 0 saturated heterocycles. The Balaban J connectivity index is 2.41. The van der Waals surface area contributed by atoms with Crippen molar-refractivity contribution in [1.29, 1.82) is 0 Å². The van der Waals surface area contributed by atoms with E-state index in [0.717, 1.165) is 6.54 Å². The van der Waals surface area contributed by atoms with Crippen molar-refractivity contribution in [2.75, 3.05) is 31.2 Å². The maximum atomic E-state index is 11.5. The molecule has 0 radical (unpaired) electrons. The summed E-state index contributed by atoms with van der Waals surface area (Å²) in [4.78, 5) is 18.1. The van der Waals surface area contributed by atoms with Gasteiger partial charge in [-0.2, -0.15) is 0 Å². The summed E-state index contributed by atoms with van der Waals surface area (Å²) in [5.41, 5.74) is 0.979. The lowest BCUT2D eigenvalue weighted by Crippen LogP contribution is -2.28. The second kappa shape index (κ2) is 7.04. The van der Waals surface area contributed by atoms with Gasteiger partial charge in [-0.05, 0) is 26.0 Å². The smallest absolute Gasteiger partial charge is 0.336 e. The van der Waals surface area contributed by atoms with Crippen LogP contribution in [0.5, 0.6) is 0 Å². The molecule has 5 nitrogen and oxygen atoms in total. The number of anilines is 1. The van der Waals surface area contributed by atoms with Crippen molar-refractivity contribution >= 4 is 22.7 Å². The summed E-state index contributed by atoms with van der Waals surface area (Å²) in [7, 11) is 0. The van der Waals surface area contributed by atoms with Gasteiger partial charge in [0.05, 0.1) is 17.7 Å². The number of carboxylic acid groups (broad SMARTS) is 1. The summed E-state index contributed by atoms with van der Waals surface area (Å²) in [6.45, 7) is 6.67. The van der Waals surface area contributed by atoms with Gasteiger partial charge in [0, 0.05) is 25.1 Å². The van der Waals surface area contributed by atoms with E-state index in [1.165, 1.54) is 0 Å². The van der Waals surface area contributed by atoms with Crippen LogP contribution in [0.4, 0.5) is 5.82 Å². The number of nitrogens with zero attached hydrogens (tertiary/aromatic N) is 2. The number of hydrogen-bond donors (Lipinski definition) is 1. The minimum Gasteiger partial charge on any atom is -0.478 e. The van der Waals surface area contributed by atoms with Gasteiger partial charge in [-0.25, -0.2) is 9.78 Å². The van der Waals surface area contributed by atoms with Gasteiger partial charge in [0.25, 0.3) is 0 Å². The van der Waals surface area contributed by atoms with Crippen molar-refractivity contribution in [3.05, 3.63) is 35.9 Å². The number of fused-ring (bicyclic) bond motifs is 1. The monoisotopic (exact) mass is 288 g/mol. The van der Waals surface area contributed by atoms with Gasteiger partial charge in [-0.15, -0.1) is 0 Å². The number of rotatable bonds is 7. The summed E-state index contributed by atoms with van der Waals surface area (Å²) in [6.07, 6.45) is 0. The number of hydrogen-bond acceptors (Lipinski definition) is 4. The van der Waals surface area contributed by atoms with Crippen LogP contribution >= 0.6 is 0 Å². The zero-order valence-corrected chi connectivity index (χ0v) is 12.4. The molecule has 5 heteroatoms. The molecule has 0 fully saturated rings. The van der Waals surface area contributed by atoms with Crippen molar-refractivity contribution in [3.8, 4) is 0 Å². The number of pyridine rings is 1. The molecule has 0 atom stereocenters. The fourth-order valence-corrected chi connectivity index (χ4v) is 2.25. The Labute approximate surface area is 124 Å². The molecule has 0 bridgehead atoms. The van der Waals surface area contributed by atoms with E-state index < -0.39 is 5.97 Å². The molecular formula is C16H20N2O3. The molecule has 0 aliphatic carbocycles. The summed E-state index contributed by atoms with van der Waals surface area (Å²) in [6, 6.07) is 8.94. The van der Waals surface area contributed by atoms with Crippen LogP contribution in [0.15, 0.2) is 30.3 Å². The molecule has 1 N–H and O–H groups in total. The molecule has 0 aliphatic heterocycles. The molecule has 2 rings (SSSR count). The molecule has 0 unspecified atom stereocenters. The Morgan fingerprint density at radius 3 is 2.76 bits per heavy atom. The first-order valence-corrected chi connectivity index (χ1v) is 7.13. The maximum Gasteiger partial charge on any atom is 0.336 e. The number of aromatic nitrogens is 1. The largest absolute Gasteiger partial charge is 0.478 e. The number of carbonyl (C=O) groups is 1. The summed E-state index contributed by atoms with van der Waals surface area (Å²) in [5, 5.41) is 10.1. The molecule has 0 saturated carbocycles. The quantitative estimate of drug-likeness (QED) is 0.794. The summed E-state index contributed by atoms with van der Waals surface area (Å²) in [5.74, 6) is -0.260. The number of carboxylic acids is 1. The van der Waals surface area contributed by atoms with Crippen LogP contribution in [-0.2, 0) is 4.74 Å². The molecule has 1 heterocycles. The van der Waals surface area contributed by atoms with Crippen LogP contribution in [0.2, 0.25) is 0 Å². The second-order valence-electron chi connectivity index (χ2n) is 4.63. The van der Waals surface area contributed by atoms with Gasteiger partial charge in [0.1, 0.15) is 5.82 Å². The number of likely N-dealkylation sites (N-methyl/N-ethyl adjacent to an activating group) is 1. The molecule has 112 valence electrons. The zero-order valence-electron chi connectivity index (χ0n) is 12.4. The number of ether oxygens (including phenoxy) is 1. The predicted octanol–water partition coefficient (Wildman–Crippen LogP) is 2.80. The van der Waals surface area contributed by atoms with Crippen molar-refractivity contribution < 1.29 is 14.6 Å². The van der Waals surface area contributed by atoms with Crippen molar-refractivity contribution in [3.63, 3.8) is 0 Å². The molecule has 0 amide bonds. The summed E-state index contributed by atoms with van der Waals surface area (Å²) < 4.78 is 5.37. The van der Waals surface area contributed by atoms with E-state index in [1.54, 1.807) is 12.1 Å². The van der Waals surface area contributed by atoms with Gasteiger partial charge in [0.15, 0.2) is 0 Å². The van der Waals surface area contributed by atoms with Crippen molar-refractivity contribution in [2.24, 2.45) is 0 Å². The van der Waals surface area contributed by atoms with Gasteiger partial charge in [0.2, 0.25) is 0 Å². The highest BCUT2D eigenvalue weighted by Crippen LogP contribution is 2.23. The Morgan fingerprint density at radius 2 is 2.10 bits per heavy atom. The zero-order chi connectivity index (χ0) is 15.2. The Kier molecular flexibility index (Phi) is 5.11. The Hall–Kier alpha value is -2.14. The average molecular weight is 288 g/mol. The van der Waals surface area contributed by atoms with Gasteiger partial charge < -0.3 is 14.7 Å². The highest BCUT2D eigenvalue weighted by molar-refractivity contribution is 6.03. The first kappa shape index (κ1) is 15.3. The van der Waals surface area contributed by atoms with Gasteiger partial charge >= 0.3 is 5.97 Å². The first-order chi connectivity index (χ1) is 10.2.